The molecule has 0 saturated carbocycles. The SMILES string of the molecule is CCCC(C)(CC)c1ccccc1-c1ccnc(C)c1. The van der Waals surface area contributed by atoms with Crippen molar-refractivity contribution in [3.63, 3.8) is 0 Å². The van der Waals surface area contributed by atoms with Crippen molar-refractivity contribution in [1.29, 1.82) is 0 Å². The van der Waals surface area contributed by atoms with Gasteiger partial charge < -0.3 is 0 Å². The minimum absolute atomic E-state index is 0.252. The van der Waals surface area contributed by atoms with Crippen LogP contribution >= 0.6 is 0 Å². The van der Waals surface area contributed by atoms with E-state index in [2.05, 4.69) is 69.1 Å². The van der Waals surface area contributed by atoms with Crippen molar-refractivity contribution in [2.45, 2.75) is 52.4 Å². The molecule has 1 unspecified atom stereocenters. The van der Waals surface area contributed by atoms with Crippen LogP contribution in [0.5, 0.6) is 0 Å². The Morgan fingerprint density at radius 3 is 2.50 bits per heavy atom. The summed E-state index contributed by atoms with van der Waals surface area (Å²) in [6, 6.07) is 13.1. The Morgan fingerprint density at radius 1 is 1.10 bits per heavy atom. The first kappa shape index (κ1) is 14.8. The van der Waals surface area contributed by atoms with Gasteiger partial charge in [-0.25, -0.2) is 0 Å². The molecule has 1 atom stereocenters. The summed E-state index contributed by atoms with van der Waals surface area (Å²) >= 11 is 0. The van der Waals surface area contributed by atoms with Crippen LogP contribution in [0.1, 0.15) is 51.3 Å². The summed E-state index contributed by atoms with van der Waals surface area (Å²) in [4.78, 5) is 4.31. The quantitative estimate of drug-likeness (QED) is 0.694. The second kappa shape index (κ2) is 6.21. The fourth-order valence-electron chi connectivity index (χ4n) is 3.03. The third-order valence-corrected chi connectivity index (χ3v) is 4.37. The molecule has 20 heavy (non-hydrogen) atoms. The van der Waals surface area contributed by atoms with Crippen LogP contribution in [0.2, 0.25) is 0 Å². The van der Waals surface area contributed by atoms with E-state index in [-0.39, 0.29) is 5.41 Å². The molecule has 1 heteroatoms. The second-order valence-corrected chi connectivity index (χ2v) is 5.90. The third kappa shape index (κ3) is 2.92. The van der Waals surface area contributed by atoms with Gasteiger partial charge in [0, 0.05) is 11.9 Å². The fraction of sp³-hybridized carbons (Fsp3) is 0.421. The number of aromatic nitrogens is 1. The molecule has 2 rings (SSSR count). The third-order valence-electron chi connectivity index (χ3n) is 4.37. The van der Waals surface area contributed by atoms with Crippen molar-refractivity contribution in [2.24, 2.45) is 0 Å². The lowest BCUT2D eigenvalue weighted by molar-refractivity contribution is 0.415. The highest BCUT2D eigenvalue weighted by molar-refractivity contribution is 5.68. The van der Waals surface area contributed by atoms with Crippen LogP contribution in [-0.2, 0) is 5.41 Å². The maximum atomic E-state index is 4.31. The van der Waals surface area contributed by atoms with Gasteiger partial charge in [0.05, 0.1) is 0 Å². The molecule has 0 saturated heterocycles. The predicted molar refractivity (Wildman–Crippen MR) is 87.0 cm³/mol. The Kier molecular flexibility index (Phi) is 4.59. The van der Waals surface area contributed by atoms with Crippen molar-refractivity contribution in [1.82, 2.24) is 4.98 Å². The molecule has 1 aromatic heterocycles. The summed E-state index contributed by atoms with van der Waals surface area (Å²) in [6.07, 6.45) is 5.52. The van der Waals surface area contributed by atoms with Crippen molar-refractivity contribution in [2.75, 3.05) is 0 Å². The molecular weight excluding hydrogens is 242 g/mol. The van der Waals surface area contributed by atoms with Crippen LogP contribution in [0.4, 0.5) is 0 Å². The van der Waals surface area contributed by atoms with Crippen molar-refractivity contribution in [3.8, 4) is 11.1 Å². The summed E-state index contributed by atoms with van der Waals surface area (Å²) < 4.78 is 0. The summed E-state index contributed by atoms with van der Waals surface area (Å²) in [5, 5.41) is 0. The van der Waals surface area contributed by atoms with E-state index in [1.165, 1.54) is 36.0 Å². The van der Waals surface area contributed by atoms with Gasteiger partial charge in [-0.2, -0.15) is 0 Å². The van der Waals surface area contributed by atoms with Crippen LogP contribution in [0.15, 0.2) is 42.6 Å². The molecule has 2 aromatic rings. The van der Waals surface area contributed by atoms with Crippen molar-refractivity contribution < 1.29 is 0 Å². The van der Waals surface area contributed by atoms with Gasteiger partial charge in [0.25, 0.3) is 0 Å². The number of pyridine rings is 1. The maximum Gasteiger partial charge on any atom is 0.0378 e. The Hall–Kier alpha value is -1.63. The molecular formula is C19H25N. The van der Waals surface area contributed by atoms with Gasteiger partial charge in [-0.3, -0.25) is 4.98 Å². The van der Waals surface area contributed by atoms with Gasteiger partial charge in [0.2, 0.25) is 0 Å². The normalized spacial score (nSPS) is 14.0. The summed E-state index contributed by atoms with van der Waals surface area (Å²) in [5.41, 5.74) is 5.43. The minimum Gasteiger partial charge on any atom is -0.262 e. The topological polar surface area (TPSA) is 12.9 Å². The zero-order valence-corrected chi connectivity index (χ0v) is 13.1. The molecule has 106 valence electrons. The average Bonchev–Trinajstić information content (AvgIpc) is 2.47. The maximum absolute atomic E-state index is 4.31. The predicted octanol–water partition coefficient (Wildman–Crippen LogP) is 5.52. The lowest BCUT2D eigenvalue weighted by atomic mass is 9.73. The summed E-state index contributed by atoms with van der Waals surface area (Å²) in [6.45, 7) is 9.01. The van der Waals surface area contributed by atoms with Crippen molar-refractivity contribution in [3.05, 3.63) is 53.9 Å². The average molecular weight is 267 g/mol. The van der Waals surface area contributed by atoms with Gasteiger partial charge in [0.1, 0.15) is 0 Å². The number of benzene rings is 1. The van der Waals surface area contributed by atoms with E-state index in [0.29, 0.717) is 0 Å². The molecule has 1 heterocycles. The van der Waals surface area contributed by atoms with Gasteiger partial charge in [-0.15, -0.1) is 0 Å². The monoisotopic (exact) mass is 267 g/mol. The summed E-state index contributed by atoms with van der Waals surface area (Å²) in [7, 11) is 0. The zero-order chi connectivity index (χ0) is 14.6. The van der Waals surface area contributed by atoms with Gasteiger partial charge >= 0.3 is 0 Å². The number of rotatable bonds is 5. The van der Waals surface area contributed by atoms with Crippen LogP contribution in [-0.4, -0.2) is 4.98 Å². The summed E-state index contributed by atoms with van der Waals surface area (Å²) in [5.74, 6) is 0. The molecule has 0 aliphatic rings. The Bertz CT molecular complexity index is 573. The molecule has 0 amide bonds. The first-order valence-electron chi connectivity index (χ1n) is 7.63. The molecule has 1 nitrogen and oxygen atoms in total. The first-order chi connectivity index (χ1) is 9.60. The Labute approximate surface area is 123 Å². The standard InChI is InChI=1S/C19H25N/c1-5-12-19(4,6-2)18-10-8-7-9-17(18)16-11-13-20-15(3)14-16/h7-11,13-14H,5-6,12H2,1-4H3. The number of aryl methyl sites for hydroxylation is 1. The van der Waals surface area contributed by atoms with Gasteiger partial charge in [-0.05, 0) is 54.0 Å². The first-order valence-corrected chi connectivity index (χ1v) is 7.63. The van der Waals surface area contributed by atoms with Crippen LogP contribution in [0.3, 0.4) is 0 Å². The van der Waals surface area contributed by atoms with Crippen LogP contribution in [0.25, 0.3) is 11.1 Å². The molecule has 0 aliphatic carbocycles. The number of nitrogens with zero attached hydrogens (tertiary/aromatic N) is 1. The van der Waals surface area contributed by atoms with Gasteiger partial charge in [-0.1, -0.05) is 51.5 Å². The highest BCUT2D eigenvalue weighted by Gasteiger charge is 2.26. The smallest absolute Gasteiger partial charge is 0.0378 e. The fourth-order valence-corrected chi connectivity index (χ4v) is 3.03. The van der Waals surface area contributed by atoms with Crippen molar-refractivity contribution >= 4 is 0 Å². The van der Waals surface area contributed by atoms with E-state index in [0.717, 1.165) is 5.69 Å². The number of hydrogen-bond acceptors (Lipinski definition) is 1. The Morgan fingerprint density at radius 2 is 1.85 bits per heavy atom. The van der Waals surface area contributed by atoms with E-state index in [4.69, 9.17) is 0 Å². The molecule has 0 N–H and O–H groups in total. The van der Waals surface area contributed by atoms with E-state index in [9.17, 15) is 0 Å². The molecule has 1 aromatic carbocycles. The molecule has 0 aliphatic heterocycles. The molecule has 0 bridgehead atoms. The number of hydrogen-bond donors (Lipinski definition) is 0. The lowest BCUT2D eigenvalue weighted by Gasteiger charge is -2.31. The molecule has 0 radical (unpaired) electrons. The minimum atomic E-state index is 0.252. The molecule has 0 spiro atoms. The zero-order valence-electron chi connectivity index (χ0n) is 13.1. The van der Waals surface area contributed by atoms with Crippen LogP contribution in [0, 0.1) is 6.92 Å². The van der Waals surface area contributed by atoms with Crippen LogP contribution < -0.4 is 0 Å². The van der Waals surface area contributed by atoms with E-state index >= 15 is 0 Å². The van der Waals surface area contributed by atoms with E-state index in [1.807, 2.05) is 6.20 Å². The highest BCUT2D eigenvalue weighted by Crippen LogP contribution is 2.38. The van der Waals surface area contributed by atoms with E-state index < -0.39 is 0 Å². The second-order valence-electron chi connectivity index (χ2n) is 5.90. The molecule has 0 fully saturated rings. The highest BCUT2D eigenvalue weighted by atomic mass is 14.6. The Balaban J connectivity index is 2.56. The largest absolute Gasteiger partial charge is 0.262 e. The lowest BCUT2D eigenvalue weighted by Crippen LogP contribution is -2.21. The van der Waals surface area contributed by atoms with E-state index in [1.54, 1.807) is 0 Å². The van der Waals surface area contributed by atoms with Gasteiger partial charge in [0.15, 0.2) is 0 Å².